The molecule has 1 aliphatic rings. The summed E-state index contributed by atoms with van der Waals surface area (Å²) in [5.41, 5.74) is 0.370. The van der Waals surface area contributed by atoms with Crippen molar-refractivity contribution in [3.8, 4) is 5.75 Å². The van der Waals surface area contributed by atoms with Gasteiger partial charge in [0, 0.05) is 30.2 Å². The Balaban J connectivity index is 1.67. The van der Waals surface area contributed by atoms with E-state index in [0.29, 0.717) is 23.7 Å². The predicted octanol–water partition coefficient (Wildman–Crippen LogP) is 4.06. The number of nitrogens with zero attached hydrogens (tertiary/aromatic N) is 2. The largest absolute Gasteiger partial charge is 0.484 e. The van der Waals surface area contributed by atoms with Crippen molar-refractivity contribution < 1.29 is 17.9 Å². The first-order valence-electron chi connectivity index (χ1n) is 9.67. The summed E-state index contributed by atoms with van der Waals surface area (Å²) in [5.74, 6) is 0.750. The van der Waals surface area contributed by atoms with Crippen LogP contribution < -0.4 is 10.1 Å². The Labute approximate surface area is 185 Å². The number of hydrogen-bond donors (Lipinski definition) is 1. The van der Waals surface area contributed by atoms with Gasteiger partial charge in [-0.3, -0.25) is 4.79 Å². The molecule has 0 spiro atoms. The fourth-order valence-corrected chi connectivity index (χ4v) is 4.45. The van der Waals surface area contributed by atoms with Crippen LogP contribution in [-0.4, -0.2) is 45.3 Å². The SMILES string of the molecule is CN1CCCCCC1=NS(=O)(=O)c1cccc(NC(=O)COc2ccc(Br)cc2)c1. The standard InChI is InChI=1S/C21H24BrN3O4S/c1-25-13-4-2-3-8-20(25)24-30(27,28)19-7-5-6-17(14-19)23-21(26)15-29-18-11-9-16(22)10-12-18/h5-7,9-12,14H,2-4,8,13,15H2,1H3,(H,23,26). The maximum atomic E-state index is 12.8. The summed E-state index contributed by atoms with van der Waals surface area (Å²) in [6, 6.07) is 13.2. The van der Waals surface area contributed by atoms with Gasteiger partial charge >= 0.3 is 0 Å². The van der Waals surface area contributed by atoms with Crippen LogP contribution in [0.4, 0.5) is 5.69 Å². The highest BCUT2D eigenvalue weighted by Gasteiger charge is 2.19. The third kappa shape index (κ3) is 6.30. The van der Waals surface area contributed by atoms with Crippen LogP contribution in [-0.2, 0) is 14.8 Å². The summed E-state index contributed by atoms with van der Waals surface area (Å²) >= 11 is 3.33. The third-order valence-corrected chi connectivity index (χ3v) is 6.49. The molecule has 160 valence electrons. The number of amidine groups is 1. The van der Waals surface area contributed by atoms with E-state index in [1.165, 1.54) is 12.1 Å². The van der Waals surface area contributed by atoms with Gasteiger partial charge in [0.15, 0.2) is 6.61 Å². The zero-order chi connectivity index (χ0) is 21.6. The summed E-state index contributed by atoms with van der Waals surface area (Å²) in [4.78, 5) is 14.1. The summed E-state index contributed by atoms with van der Waals surface area (Å²) in [5, 5.41) is 2.66. The minimum Gasteiger partial charge on any atom is -0.484 e. The number of hydrogen-bond acceptors (Lipinski definition) is 4. The molecule has 2 aromatic carbocycles. The van der Waals surface area contributed by atoms with Gasteiger partial charge in [-0.1, -0.05) is 28.4 Å². The second-order valence-electron chi connectivity index (χ2n) is 7.03. The number of carbonyl (C=O) groups is 1. The lowest BCUT2D eigenvalue weighted by molar-refractivity contribution is -0.118. The molecule has 1 heterocycles. The van der Waals surface area contributed by atoms with E-state index in [9.17, 15) is 13.2 Å². The van der Waals surface area contributed by atoms with Crippen molar-refractivity contribution in [1.82, 2.24) is 4.90 Å². The molecule has 3 rings (SSSR count). The van der Waals surface area contributed by atoms with Crippen molar-refractivity contribution in [3.05, 3.63) is 53.0 Å². The van der Waals surface area contributed by atoms with Crippen LogP contribution in [0.2, 0.25) is 0 Å². The highest BCUT2D eigenvalue weighted by atomic mass is 79.9. The van der Waals surface area contributed by atoms with Crippen LogP contribution >= 0.6 is 15.9 Å². The molecule has 1 amide bonds. The van der Waals surface area contributed by atoms with Gasteiger partial charge in [0.1, 0.15) is 11.6 Å². The lowest BCUT2D eigenvalue weighted by Crippen LogP contribution is -2.27. The number of anilines is 1. The van der Waals surface area contributed by atoms with Crippen LogP contribution in [0.15, 0.2) is 62.3 Å². The van der Waals surface area contributed by atoms with Gasteiger partial charge in [-0.25, -0.2) is 0 Å². The number of rotatable bonds is 6. The first-order valence-corrected chi connectivity index (χ1v) is 11.9. The number of likely N-dealkylation sites (tertiary alicyclic amines) is 1. The molecular formula is C21H24BrN3O4S. The van der Waals surface area contributed by atoms with Gasteiger partial charge in [-0.05, 0) is 55.3 Å². The molecule has 0 aromatic heterocycles. The van der Waals surface area contributed by atoms with E-state index in [0.717, 1.165) is 30.3 Å². The molecule has 0 atom stereocenters. The predicted molar refractivity (Wildman–Crippen MR) is 120 cm³/mol. The lowest BCUT2D eigenvalue weighted by atomic mass is 10.2. The zero-order valence-electron chi connectivity index (χ0n) is 16.7. The van der Waals surface area contributed by atoms with Crippen LogP contribution in [0.25, 0.3) is 0 Å². The molecule has 1 fully saturated rings. The zero-order valence-corrected chi connectivity index (χ0v) is 19.1. The van der Waals surface area contributed by atoms with E-state index >= 15 is 0 Å². The maximum absolute atomic E-state index is 12.8. The molecule has 0 saturated carbocycles. The number of carbonyl (C=O) groups excluding carboxylic acids is 1. The fourth-order valence-electron chi connectivity index (χ4n) is 3.05. The highest BCUT2D eigenvalue weighted by Crippen LogP contribution is 2.20. The normalized spacial score (nSPS) is 16.2. The molecule has 1 saturated heterocycles. The average Bonchev–Trinajstić information content (AvgIpc) is 2.92. The molecule has 1 aliphatic heterocycles. The molecule has 2 aromatic rings. The summed E-state index contributed by atoms with van der Waals surface area (Å²) < 4.78 is 36.0. The van der Waals surface area contributed by atoms with Gasteiger partial charge in [0.2, 0.25) is 0 Å². The van der Waals surface area contributed by atoms with Crippen molar-refractivity contribution in [3.63, 3.8) is 0 Å². The summed E-state index contributed by atoms with van der Waals surface area (Å²) in [6.07, 6.45) is 3.65. The van der Waals surface area contributed by atoms with Crippen LogP contribution in [0.5, 0.6) is 5.75 Å². The molecule has 7 nitrogen and oxygen atoms in total. The highest BCUT2D eigenvalue weighted by molar-refractivity contribution is 9.10. The Bertz CT molecular complexity index is 1020. The van der Waals surface area contributed by atoms with Crippen molar-refractivity contribution >= 4 is 43.4 Å². The number of ether oxygens (including phenoxy) is 1. The molecule has 0 aliphatic carbocycles. The van der Waals surface area contributed by atoms with Gasteiger partial charge in [0.25, 0.3) is 15.9 Å². The van der Waals surface area contributed by atoms with Crippen molar-refractivity contribution in [2.24, 2.45) is 4.40 Å². The van der Waals surface area contributed by atoms with Crippen LogP contribution in [0, 0.1) is 0 Å². The Morgan fingerprint density at radius 1 is 1.17 bits per heavy atom. The monoisotopic (exact) mass is 493 g/mol. The van der Waals surface area contributed by atoms with Gasteiger partial charge in [-0.2, -0.15) is 8.42 Å². The minimum absolute atomic E-state index is 0.0410. The Hall–Kier alpha value is -2.39. The van der Waals surface area contributed by atoms with E-state index in [2.05, 4.69) is 25.6 Å². The second-order valence-corrected chi connectivity index (χ2v) is 9.55. The Morgan fingerprint density at radius 3 is 2.70 bits per heavy atom. The molecule has 1 N–H and O–H groups in total. The Morgan fingerprint density at radius 2 is 1.93 bits per heavy atom. The van der Waals surface area contributed by atoms with E-state index in [1.54, 1.807) is 24.3 Å². The molecule has 30 heavy (non-hydrogen) atoms. The number of sulfonamides is 1. The van der Waals surface area contributed by atoms with E-state index < -0.39 is 10.0 Å². The van der Waals surface area contributed by atoms with Crippen LogP contribution in [0.3, 0.4) is 0 Å². The number of amides is 1. The fraction of sp³-hybridized carbons (Fsp3) is 0.333. The molecule has 9 heteroatoms. The number of nitrogens with one attached hydrogen (secondary N) is 1. The molecule has 0 bridgehead atoms. The van der Waals surface area contributed by atoms with E-state index in [1.807, 2.05) is 24.1 Å². The first-order chi connectivity index (χ1) is 14.3. The quantitative estimate of drug-likeness (QED) is 0.655. The van der Waals surface area contributed by atoms with Crippen molar-refractivity contribution in [1.29, 1.82) is 0 Å². The third-order valence-electron chi connectivity index (χ3n) is 4.66. The van der Waals surface area contributed by atoms with Gasteiger partial charge in [-0.15, -0.1) is 4.40 Å². The first kappa shape index (κ1) is 22.3. The summed E-state index contributed by atoms with van der Waals surface area (Å²) in [6.45, 7) is 0.606. The number of benzene rings is 2. The average molecular weight is 494 g/mol. The number of halogens is 1. The minimum atomic E-state index is -3.87. The van der Waals surface area contributed by atoms with Gasteiger partial charge < -0.3 is 15.0 Å². The molecule has 0 radical (unpaired) electrons. The van der Waals surface area contributed by atoms with Crippen LogP contribution in [0.1, 0.15) is 25.7 Å². The van der Waals surface area contributed by atoms with E-state index in [-0.39, 0.29) is 17.4 Å². The van der Waals surface area contributed by atoms with Crippen molar-refractivity contribution in [2.45, 2.75) is 30.6 Å². The van der Waals surface area contributed by atoms with Crippen molar-refractivity contribution in [2.75, 3.05) is 25.5 Å². The molecule has 0 unspecified atom stereocenters. The topological polar surface area (TPSA) is 88.1 Å². The summed E-state index contributed by atoms with van der Waals surface area (Å²) in [7, 11) is -2.00. The smallest absolute Gasteiger partial charge is 0.284 e. The van der Waals surface area contributed by atoms with Gasteiger partial charge in [0.05, 0.1) is 4.90 Å². The second kappa shape index (κ2) is 10.1. The maximum Gasteiger partial charge on any atom is 0.284 e. The lowest BCUT2D eigenvalue weighted by Gasteiger charge is -2.17. The Kier molecular flexibility index (Phi) is 7.49. The van der Waals surface area contributed by atoms with E-state index in [4.69, 9.17) is 4.74 Å². The molecular weight excluding hydrogens is 470 g/mol.